The maximum Gasteiger partial charge on any atom is 0.266 e. The van der Waals surface area contributed by atoms with Gasteiger partial charge in [0.25, 0.3) is 11.8 Å². The van der Waals surface area contributed by atoms with Crippen LogP contribution in [0.5, 0.6) is 0 Å². The van der Waals surface area contributed by atoms with Crippen LogP contribution in [0.4, 0.5) is 5.69 Å². The fourth-order valence-corrected chi connectivity index (χ4v) is 4.22. The number of hydrogen-bond acceptors (Lipinski definition) is 4. The summed E-state index contributed by atoms with van der Waals surface area (Å²) in [6, 6.07) is 8.96. The van der Waals surface area contributed by atoms with Crippen LogP contribution < -0.4 is 10.6 Å². The number of pyridine rings is 1. The van der Waals surface area contributed by atoms with Gasteiger partial charge in [-0.25, -0.2) is 4.98 Å². The molecule has 2 amide bonds. The third-order valence-corrected chi connectivity index (χ3v) is 5.34. The van der Waals surface area contributed by atoms with Gasteiger partial charge >= 0.3 is 0 Å². The molecule has 3 rings (SSSR count). The Morgan fingerprint density at radius 3 is 2.62 bits per heavy atom. The molecule has 134 valence electrons. The molecule has 0 aliphatic rings. The summed E-state index contributed by atoms with van der Waals surface area (Å²) in [5.41, 5.74) is 4.12. The highest BCUT2D eigenvalue weighted by Crippen LogP contribution is 2.32. The second-order valence-corrected chi connectivity index (χ2v) is 7.21. The lowest BCUT2D eigenvalue weighted by Gasteiger charge is -2.07. The normalized spacial score (nSPS) is 10.8. The van der Waals surface area contributed by atoms with E-state index >= 15 is 0 Å². The Morgan fingerprint density at radius 1 is 1.12 bits per heavy atom. The monoisotopic (exact) mass is 367 g/mol. The van der Waals surface area contributed by atoms with Crippen LogP contribution in [0.1, 0.15) is 43.8 Å². The van der Waals surface area contributed by atoms with Crippen molar-refractivity contribution in [3.63, 3.8) is 0 Å². The third kappa shape index (κ3) is 3.46. The lowest BCUT2D eigenvalue weighted by Crippen LogP contribution is -2.22. The fourth-order valence-electron chi connectivity index (χ4n) is 3.02. The summed E-state index contributed by atoms with van der Waals surface area (Å²) in [6.45, 7) is 8.36. The summed E-state index contributed by atoms with van der Waals surface area (Å²) in [5.74, 6) is -0.340. The van der Waals surface area contributed by atoms with Gasteiger partial charge in [0.1, 0.15) is 4.83 Å². The third-order valence-electron chi connectivity index (χ3n) is 4.15. The Hall–Kier alpha value is -2.73. The van der Waals surface area contributed by atoms with E-state index < -0.39 is 0 Å². The summed E-state index contributed by atoms with van der Waals surface area (Å²) >= 11 is 1.40. The van der Waals surface area contributed by atoms with Crippen LogP contribution in [0.3, 0.4) is 0 Å². The first-order chi connectivity index (χ1) is 12.4. The van der Waals surface area contributed by atoms with Gasteiger partial charge in [-0.1, -0.05) is 6.07 Å². The maximum atomic E-state index is 12.8. The first-order valence-electron chi connectivity index (χ1n) is 8.47. The van der Waals surface area contributed by atoms with Gasteiger partial charge in [-0.15, -0.1) is 11.3 Å². The number of hydrogen-bond donors (Lipinski definition) is 2. The van der Waals surface area contributed by atoms with Crippen molar-refractivity contribution < 1.29 is 9.59 Å². The van der Waals surface area contributed by atoms with Gasteiger partial charge in [-0.2, -0.15) is 0 Å². The molecule has 0 bridgehead atoms. The minimum atomic E-state index is -0.185. The molecule has 0 saturated carbocycles. The van der Waals surface area contributed by atoms with E-state index in [0.29, 0.717) is 22.7 Å². The molecule has 2 N–H and O–H groups in total. The lowest BCUT2D eigenvalue weighted by atomic mass is 10.1. The zero-order chi connectivity index (χ0) is 18.8. The van der Waals surface area contributed by atoms with Crippen molar-refractivity contribution in [2.45, 2.75) is 27.7 Å². The molecule has 0 spiro atoms. The number of anilines is 1. The molecule has 2 heterocycles. The highest BCUT2D eigenvalue weighted by molar-refractivity contribution is 7.20. The number of amides is 2. The number of rotatable bonds is 4. The van der Waals surface area contributed by atoms with Crippen LogP contribution in [0, 0.1) is 20.8 Å². The van der Waals surface area contributed by atoms with Crippen molar-refractivity contribution in [2.24, 2.45) is 0 Å². The maximum absolute atomic E-state index is 12.8. The highest BCUT2D eigenvalue weighted by Gasteiger charge is 2.18. The van der Waals surface area contributed by atoms with Gasteiger partial charge in [0.2, 0.25) is 0 Å². The molecule has 0 aliphatic carbocycles. The second-order valence-electron chi connectivity index (χ2n) is 6.21. The van der Waals surface area contributed by atoms with Crippen LogP contribution in [0.2, 0.25) is 0 Å². The molecule has 3 aromatic rings. The quantitative estimate of drug-likeness (QED) is 0.725. The number of carbonyl (C=O) groups excluding carboxylic acids is 2. The molecule has 5 nitrogen and oxygen atoms in total. The number of fused-ring (bicyclic) bond motifs is 1. The first-order valence-corrected chi connectivity index (χ1v) is 9.29. The number of aromatic nitrogens is 1. The van der Waals surface area contributed by atoms with Gasteiger partial charge in [0.05, 0.1) is 4.88 Å². The Kier molecular flexibility index (Phi) is 5.04. The van der Waals surface area contributed by atoms with Crippen LogP contribution in [0.15, 0.2) is 30.3 Å². The molecule has 1 aromatic carbocycles. The van der Waals surface area contributed by atoms with E-state index in [1.54, 1.807) is 24.3 Å². The molecular formula is C20H21N3O2S. The Balaban J connectivity index is 1.90. The number of aryl methyl sites for hydroxylation is 3. The van der Waals surface area contributed by atoms with Gasteiger partial charge in [-0.3, -0.25) is 9.59 Å². The number of benzene rings is 1. The highest BCUT2D eigenvalue weighted by atomic mass is 32.1. The molecule has 0 radical (unpaired) electrons. The first kappa shape index (κ1) is 18.1. The summed E-state index contributed by atoms with van der Waals surface area (Å²) in [6.07, 6.45) is 0. The average molecular weight is 367 g/mol. The van der Waals surface area contributed by atoms with Crippen molar-refractivity contribution in [2.75, 3.05) is 11.9 Å². The predicted octanol–water partition coefficient (Wildman–Crippen LogP) is 4.22. The zero-order valence-electron chi connectivity index (χ0n) is 15.3. The molecular weight excluding hydrogens is 346 g/mol. The van der Waals surface area contributed by atoms with Crippen LogP contribution >= 0.6 is 11.3 Å². The van der Waals surface area contributed by atoms with E-state index in [-0.39, 0.29) is 11.8 Å². The summed E-state index contributed by atoms with van der Waals surface area (Å²) < 4.78 is 0. The van der Waals surface area contributed by atoms with E-state index in [9.17, 15) is 9.59 Å². The topological polar surface area (TPSA) is 71.1 Å². The van der Waals surface area contributed by atoms with Crippen molar-refractivity contribution in [3.05, 3.63) is 57.6 Å². The number of nitrogens with one attached hydrogen (secondary N) is 2. The van der Waals surface area contributed by atoms with E-state index in [2.05, 4.69) is 15.6 Å². The standard InChI is InChI=1S/C20H21N3O2S/c1-5-21-18(24)14-7-6-8-15(10-14)23-19(25)17-13(4)16-11(2)9-12(3)22-20(16)26-17/h6-10H,5H2,1-4H3,(H,21,24)(H,23,25). The predicted molar refractivity (Wildman–Crippen MR) is 106 cm³/mol. The van der Waals surface area contributed by atoms with Crippen molar-refractivity contribution >= 4 is 39.1 Å². The fraction of sp³-hybridized carbons (Fsp3) is 0.250. The number of thiophene rings is 1. The summed E-state index contributed by atoms with van der Waals surface area (Å²) in [5, 5.41) is 6.69. The van der Waals surface area contributed by atoms with Crippen LogP contribution in [0.25, 0.3) is 10.2 Å². The number of nitrogens with zero attached hydrogens (tertiary/aromatic N) is 1. The molecule has 0 saturated heterocycles. The van der Waals surface area contributed by atoms with Crippen molar-refractivity contribution in [3.8, 4) is 0 Å². The molecule has 26 heavy (non-hydrogen) atoms. The lowest BCUT2D eigenvalue weighted by molar-refractivity contribution is 0.0954. The zero-order valence-corrected chi connectivity index (χ0v) is 16.1. The molecule has 6 heteroatoms. The summed E-state index contributed by atoms with van der Waals surface area (Å²) in [7, 11) is 0. The van der Waals surface area contributed by atoms with Crippen molar-refractivity contribution in [1.29, 1.82) is 0 Å². The van der Waals surface area contributed by atoms with Crippen LogP contribution in [-0.2, 0) is 0 Å². The Morgan fingerprint density at radius 2 is 1.88 bits per heavy atom. The van der Waals surface area contributed by atoms with Gasteiger partial charge < -0.3 is 10.6 Å². The van der Waals surface area contributed by atoms with Gasteiger partial charge in [0, 0.05) is 28.9 Å². The van der Waals surface area contributed by atoms with Crippen molar-refractivity contribution in [1.82, 2.24) is 10.3 Å². The Labute approximate surface area is 156 Å². The second kappa shape index (κ2) is 7.25. The molecule has 0 fully saturated rings. The van der Waals surface area contributed by atoms with Crippen LogP contribution in [-0.4, -0.2) is 23.3 Å². The van der Waals surface area contributed by atoms with E-state index in [4.69, 9.17) is 0 Å². The van der Waals surface area contributed by atoms with Gasteiger partial charge in [-0.05, 0) is 63.1 Å². The van der Waals surface area contributed by atoms with E-state index in [1.807, 2.05) is 33.8 Å². The van der Waals surface area contributed by atoms with E-state index in [0.717, 1.165) is 27.0 Å². The minimum Gasteiger partial charge on any atom is -0.352 e. The SMILES string of the molecule is CCNC(=O)c1cccc(NC(=O)c2sc3nc(C)cc(C)c3c2C)c1. The summed E-state index contributed by atoms with van der Waals surface area (Å²) in [4.78, 5) is 30.8. The Bertz CT molecular complexity index is 1010. The molecule has 0 unspecified atom stereocenters. The number of carbonyl (C=O) groups is 2. The smallest absolute Gasteiger partial charge is 0.266 e. The largest absolute Gasteiger partial charge is 0.352 e. The minimum absolute atomic E-state index is 0.156. The molecule has 2 aromatic heterocycles. The average Bonchev–Trinajstić information content (AvgIpc) is 2.92. The molecule has 0 aliphatic heterocycles. The molecule has 0 atom stereocenters. The van der Waals surface area contributed by atoms with E-state index in [1.165, 1.54) is 11.3 Å². The van der Waals surface area contributed by atoms with Gasteiger partial charge in [0.15, 0.2) is 0 Å².